The van der Waals surface area contributed by atoms with Crippen LogP contribution in [0, 0.1) is 0 Å². The normalized spacial score (nSPS) is 18.1. The number of ether oxygens (including phenoxy) is 3. The number of carboxylic acids is 1. The number of phosphoric acid groups is 1. The number of nitrogens with one attached hydrogen (secondary N) is 1. The van der Waals surface area contributed by atoms with Crippen LogP contribution >= 0.6 is 7.82 Å². The molecule has 0 unspecified atom stereocenters. The Morgan fingerprint density at radius 2 is 1.00 bits per heavy atom. The van der Waals surface area contributed by atoms with E-state index in [-0.39, 0.29) is 37.2 Å². The second kappa shape index (κ2) is 43.7. The lowest BCUT2D eigenvalue weighted by Crippen LogP contribution is -2.66. The van der Waals surface area contributed by atoms with Crippen LogP contribution in [0.3, 0.4) is 0 Å². The standard InChI is InChI=1S/C63H104NO14P/c1-4-7-10-13-16-19-20-23-26-29-38-45-59(70)73-54(44-33-28-25-22-18-15-12-9-6-3)49-60(71)75-63-61(64-57(67)48-51(66)39-32-27-24-21-17-14-11-8-5-2)55(46-47-58(68)69)74-56(50-65)62(63)78-79(72,76-52-40-34-30-35-41-52)77-53-42-36-31-37-43-53/h30-31,34-37,40-43,51,54-56,61-63,65-66H,4-29,32-33,38-39,44-50H2,1-3H3,(H,64,67)(H,68,69)/t51-,54-,55-,56-,61+,62-,63-/m1/s1. The molecule has 0 bridgehead atoms. The highest BCUT2D eigenvalue weighted by Crippen LogP contribution is 2.52. The van der Waals surface area contributed by atoms with Crippen molar-refractivity contribution in [1.82, 2.24) is 5.32 Å². The molecule has 1 fully saturated rings. The first-order valence-electron chi connectivity index (χ1n) is 31.0. The van der Waals surface area contributed by atoms with E-state index >= 15 is 4.57 Å². The van der Waals surface area contributed by atoms with E-state index < -0.39 is 87.3 Å². The Balaban J connectivity index is 1.92. The van der Waals surface area contributed by atoms with E-state index in [9.17, 15) is 34.5 Å². The molecule has 7 atom stereocenters. The van der Waals surface area contributed by atoms with Crippen molar-refractivity contribution in [2.45, 2.75) is 295 Å². The summed E-state index contributed by atoms with van der Waals surface area (Å²) in [4.78, 5) is 54.3. The Labute approximate surface area is 475 Å². The fourth-order valence-electron chi connectivity index (χ4n) is 10.3. The maximum absolute atomic E-state index is 15.1. The molecular formula is C63H104NO14P. The van der Waals surface area contributed by atoms with Crippen LogP contribution in [0.15, 0.2) is 60.7 Å². The molecule has 0 aromatic heterocycles. The zero-order valence-electron chi connectivity index (χ0n) is 48.8. The average Bonchev–Trinajstić information content (AvgIpc) is 3.52. The Morgan fingerprint density at radius 1 is 0.557 bits per heavy atom. The van der Waals surface area contributed by atoms with Gasteiger partial charge in [-0.1, -0.05) is 231 Å². The summed E-state index contributed by atoms with van der Waals surface area (Å²) < 4.78 is 52.1. The van der Waals surface area contributed by atoms with Gasteiger partial charge in [0.1, 0.15) is 29.8 Å². The first kappa shape index (κ1) is 69.3. The number of para-hydroxylation sites is 2. The number of aliphatic hydroxyl groups excluding tert-OH is 2. The Hall–Kier alpha value is -4.01. The molecule has 79 heavy (non-hydrogen) atoms. The van der Waals surface area contributed by atoms with Gasteiger partial charge >= 0.3 is 25.7 Å². The third-order valence-corrected chi connectivity index (χ3v) is 16.1. The molecule has 0 radical (unpaired) electrons. The first-order chi connectivity index (χ1) is 38.4. The maximum atomic E-state index is 15.1. The van der Waals surface area contributed by atoms with Crippen molar-refractivity contribution in [1.29, 1.82) is 0 Å². The number of hydrogen-bond donors (Lipinski definition) is 4. The quantitative estimate of drug-likeness (QED) is 0.0276. The van der Waals surface area contributed by atoms with Crippen molar-refractivity contribution in [3.63, 3.8) is 0 Å². The van der Waals surface area contributed by atoms with Crippen molar-refractivity contribution in [3.05, 3.63) is 60.7 Å². The van der Waals surface area contributed by atoms with Crippen LogP contribution in [0.2, 0.25) is 0 Å². The van der Waals surface area contributed by atoms with Gasteiger partial charge in [0.25, 0.3) is 0 Å². The number of aliphatic hydroxyl groups is 2. The van der Waals surface area contributed by atoms with Gasteiger partial charge in [0.05, 0.1) is 37.7 Å². The first-order valence-corrected chi connectivity index (χ1v) is 32.5. The summed E-state index contributed by atoms with van der Waals surface area (Å²) in [6.07, 6.45) is 23.8. The van der Waals surface area contributed by atoms with Crippen molar-refractivity contribution in [3.8, 4) is 11.5 Å². The number of rotatable bonds is 49. The van der Waals surface area contributed by atoms with Gasteiger partial charge in [-0.05, 0) is 56.4 Å². The minimum Gasteiger partial charge on any atom is -0.481 e. The van der Waals surface area contributed by atoms with E-state index in [2.05, 4.69) is 26.1 Å². The summed E-state index contributed by atoms with van der Waals surface area (Å²) >= 11 is 0. The molecule has 0 aliphatic carbocycles. The van der Waals surface area contributed by atoms with Crippen molar-refractivity contribution in [2.24, 2.45) is 0 Å². The van der Waals surface area contributed by atoms with Crippen molar-refractivity contribution >= 4 is 31.6 Å². The Morgan fingerprint density at radius 3 is 1.46 bits per heavy atom. The smallest absolute Gasteiger partial charge is 0.481 e. The van der Waals surface area contributed by atoms with Crippen LogP contribution < -0.4 is 14.4 Å². The second-order valence-corrected chi connectivity index (χ2v) is 23.4. The zero-order chi connectivity index (χ0) is 57.2. The minimum absolute atomic E-state index is 0.104. The van der Waals surface area contributed by atoms with Gasteiger partial charge in [-0.2, -0.15) is 0 Å². The SMILES string of the molecule is CCCCCCCCCCCCCC(=O)O[C@H](CCCCCCCCCCC)CC(=O)O[C@@H]1[C@@H](NC(=O)C[C@H](O)CCCCCCCCCCC)[C@@H](CCC(=O)O)O[C@H](CO)[C@H]1OP(=O)(Oc1ccccc1)Oc1ccccc1. The summed E-state index contributed by atoms with van der Waals surface area (Å²) in [7, 11) is -4.83. The lowest BCUT2D eigenvalue weighted by atomic mass is 9.89. The number of phosphoric ester groups is 1. The highest BCUT2D eigenvalue weighted by atomic mass is 31.2. The van der Waals surface area contributed by atoms with Crippen LogP contribution in [0.5, 0.6) is 11.5 Å². The minimum atomic E-state index is -4.83. The van der Waals surface area contributed by atoms with Crippen LogP contribution in [-0.4, -0.2) is 88.4 Å². The number of amides is 1. The molecule has 450 valence electrons. The predicted octanol–water partition coefficient (Wildman–Crippen LogP) is 15.3. The van der Waals surface area contributed by atoms with Crippen molar-refractivity contribution in [2.75, 3.05) is 6.61 Å². The van der Waals surface area contributed by atoms with E-state index in [4.69, 9.17) is 27.8 Å². The van der Waals surface area contributed by atoms with E-state index in [1.165, 1.54) is 103 Å². The van der Waals surface area contributed by atoms with Crippen LogP contribution in [-0.2, 0) is 42.5 Å². The number of carboxylic acid groups (broad SMARTS) is 1. The Kier molecular flexibility index (Phi) is 38.3. The number of carbonyl (C=O) groups is 4. The Bertz CT molecular complexity index is 1880. The predicted molar refractivity (Wildman–Crippen MR) is 311 cm³/mol. The van der Waals surface area contributed by atoms with Crippen LogP contribution in [0.1, 0.15) is 252 Å². The van der Waals surface area contributed by atoms with E-state index in [1.807, 2.05) is 0 Å². The molecule has 2 aromatic carbocycles. The van der Waals surface area contributed by atoms with Crippen LogP contribution in [0.4, 0.5) is 0 Å². The highest BCUT2D eigenvalue weighted by Gasteiger charge is 2.53. The molecule has 2 aromatic rings. The number of carbonyl (C=O) groups excluding carboxylic acids is 3. The van der Waals surface area contributed by atoms with Crippen molar-refractivity contribution < 1.29 is 66.8 Å². The summed E-state index contributed by atoms with van der Waals surface area (Å²) in [6.45, 7) is 5.83. The van der Waals surface area contributed by atoms with Gasteiger partial charge in [-0.15, -0.1) is 0 Å². The zero-order valence-corrected chi connectivity index (χ0v) is 49.7. The molecule has 16 heteroatoms. The summed E-state index contributed by atoms with van der Waals surface area (Å²) in [6, 6.07) is 14.9. The maximum Gasteiger partial charge on any atom is 0.588 e. The molecule has 15 nitrogen and oxygen atoms in total. The fourth-order valence-corrected chi connectivity index (χ4v) is 11.7. The number of aliphatic carboxylic acids is 1. The molecule has 0 saturated carbocycles. The topological polar surface area (TPSA) is 213 Å². The third-order valence-electron chi connectivity index (χ3n) is 14.8. The monoisotopic (exact) mass is 1130 g/mol. The fraction of sp³-hybridized carbons (Fsp3) is 0.746. The molecule has 4 N–H and O–H groups in total. The van der Waals surface area contributed by atoms with E-state index in [0.29, 0.717) is 32.1 Å². The third kappa shape index (κ3) is 32.3. The molecule has 0 spiro atoms. The van der Waals surface area contributed by atoms with Gasteiger partial charge in [-0.3, -0.25) is 23.7 Å². The number of benzene rings is 2. The second-order valence-electron chi connectivity index (χ2n) is 21.9. The summed E-state index contributed by atoms with van der Waals surface area (Å²) in [5.74, 6) is -2.84. The molecule has 3 rings (SSSR count). The molecule has 1 aliphatic rings. The number of esters is 2. The van der Waals surface area contributed by atoms with Gasteiger partial charge < -0.3 is 43.9 Å². The number of hydrogen-bond acceptors (Lipinski definition) is 13. The van der Waals surface area contributed by atoms with E-state index in [0.717, 1.165) is 64.2 Å². The molecular weight excluding hydrogens is 1030 g/mol. The summed E-state index contributed by atoms with van der Waals surface area (Å²) in [5, 5.41) is 34.8. The van der Waals surface area contributed by atoms with E-state index in [1.54, 1.807) is 60.7 Å². The summed E-state index contributed by atoms with van der Waals surface area (Å²) in [5.41, 5.74) is 0. The van der Waals surface area contributed by atoms with Gasteiger partial charge in [-0.25, -0.2) is 4.57 Å². The van der Waals surface area contributed by atoms with Crippen LogP contribution in [0.25, 0.3) is 0 Å². The van der Waals surface area contributed by atoms with Gasteiger partial charge in [0.2, 0.25) is 5.91 Å². The molecule has 1 saturated heterocycles. The van der Waals surface area contributed by atoms with Gasteiger partial charge in [0.15, 0.2) is 6.10 Å². The largest absolute Gasteiger partial charge is 0.588 e. The number of unbranched alkanes of at least 4 members (excludes halogenated alkanes) is 26. The lowest BCUT2D eigenvalue weighted by Gasteiger charge is -2.46. The average molecular weight is 1130 g/mol. The van der Waals surface area contributed by atoms with Gasteiger partial charge in [0, 0.05) is 12.8 Å². The molecule has 1 aliphatic heterocycles. The molecule has 1 amide bonds. The highest BCUT2D eigenvalue weighted by molar-refractivity contribution is 7.49. The lowest BCUT2D eigenvalue weighted by molar-refractivity contribution is -0.209. The molecule has 1 heterocycles.